The highest BCUT2D eigenvalue weighted by Crippen LogP contribution is 2.40. The standard InChI is InChI=1S/C22H26F3N3O2/c23-22(24,25)16-1-2-19-18(11-16)17-9-15-12-27(4-3-14(15)10-20(17)26-19)5-6-28-7-8-30-13-21(28)29/h1-2,11,14-15,26H,3-10,12-13H2. The molecule has 2 unspecified atom stereocenters. The van der Waals surface area contributed by atoms with E-state index < -0.39 is 11.7 Å². The summed E-state index contributed by atoms with van der Waals surface area (Å²) in [5.74, 6) is 1.06. The molecule has 3 aliphatic rings. The molecule has 0 spiro atoms. The maximum Gasteiger partial charge on any atom is 0.416 e. The Morgan fingerprint density at radius 3 is 2.80 bits per heavy atom. The highest BCUT2D eigenvalue weighted by molar-refractivity contribution is 5.86. The number of fused-ring (bicyclic) bond motifs is 4. The van der Waals surface area contributed by atoms with Gasteiger partial charge in [0.05, 0.1) is 12.2 Å². The molecule has 2 saturated heterocycles. The van der Waals surface area contributed by atoms with Crippen LogP contribution in [0.25, 0.3) is 10.9 Å². The largest absolute Gasteiger partial charge is 0.416 e. The summed E-state index contributed by atoms with van der Waals surface area (Å²) in [5.41, 5.74) is 2.38. The van der Waals surface area contributed by atoms with Gasteiger partial charge in [-0.05, 0) is 61.4 Å². The predicted molar refractivity (Wildman–Crippen MR) is 106 cm³/mol. The molecule has 0 radical (unpaired) electrons. The Kier molecular flexibility index (Phi) is 5.01. The van der Waals surface area contributed by atoms with Crippen molar-refractivity contribution in [2.24, 2.45) is 11.8 Å². The summed E-state index contributed by atoms with van der Waals surface area (Å²) in [4.78, 5) is 19.6. The van der Waals surface area contributed by atoms with Crippen LogP contribution in [0.3, 0.4) is 0 Å². The molecule has 8 heteroatoms. The number of amides is 1. The molecule has 0 saturated carbocycles. The molecule has 1 amide bonds. The molecule has 1 N–H and O–H groups in total. The number of carbonyl (C=O) groups is 1. The van der Waals surface area contributed by atoms with Crippen molar-refractivity contribution in [1.82, 2.24) is 14.8 Å². The topological polar surface area (TPSA) is 48.6 Å². The first-order valence-corrected chi connectivity index (χ1v) is 10.7. The maximum absolute atomic E-state index is 13.2. The van der Waals surface area contributed by atoms with Gasteiger partial charge in [-0.15, -0.1) is 0 Å². The number of morpholine rings is 1. The third-order valence-corrected chi connectivity index (χ3v) is 7.00. The third kappa shape index (κ3) is 3.71. The average molecular weight is 421 g/mol. The van der Waals surface area contributed by atoms with Crippen molar-refractivity contribution < 1.29 is 22.7 Å². The van der Waals surface area contributed by atoms with Gasteiger partial charge in [0.2, 0.25) is 5.91 Å². The molecule has 5 rings (SSSR count). The number of carbonyl (C=O) groups excluding carboxylic acids is 1. The number of hydrogen-bond donors (Lipinski definition) is 1. The molecule has 1 aromatic carbocycles. The highest BCUT2D eigenvalue weighted by Gasteiger charge is 2.36. The number of ether oxygens (including phenoxy) is 1. The molecule has 2 aliphatic heterocycles. The van der Waals surface area contributed by atoms with E-state index in [9.17, 15) is 18.0 Å². The third-order valence-electron chi connectivity index (χ3n) is 7.00. The zero-order valence-corrected chi connectivity index (χ0v) is 16.8. The second-order valence-electron chi connectivity index (χ2n) is 8.79. The van der Waals surface area contributed by atoms with E-state index >= 15 is 0 Å². The van der Waals surface area contributed by atoms with E-state index in [-0.39, 0.29) is 12.5 Å². The van der Waals surface area contributed by atoms with Crippen LogP contribution in [0.5, 0.6) is 0 Å². The minimum absolute atomic E-state index is 0.0534. The van der Waals surface area contributed by atoms with Crippen molar-refractivity contribution in [3.05, 3.63) is 35.0 Å². The first kappa shape index (κ1) is 19.9. The van der Waals surface area contributed by atoms with Crippen LogP contribution in [-0.4, -0.2) is 66.6 Å². The number of nitrogens with zero attached hydrogens (tertiary/aromatic N) is 2. The van der Waals surface area contributed by atoms with Gasteiger partial charge in [0.15, 0.2) is 0 Å². The molecular formula is C22H26F3N3O2. The number of halogens is 3. The Balaban J connectivity index is 1.30. The van der Waals surface area contributed by atoms with E-state index in [2.05, 4.69) is 9.88 Å². The summed E-state index contributed by atoms with van der Waals surface area (Å²) in [5, 5.41) is 0.717. The minimum Gasteiger partial charge on any atom is -0.370 e. The van der Waals surface area contributed by atoms with Gasteiger partial charge in [-0.3, -0.25) is 4.79 Å². The van der Waals surface area contributed by atoms with Gasteiger partial charge in [0.1, 0.15) is 6.61 Å². The van der Waals surface area contributed by atoms with Crippen LogP contribution in [0, 0.1) is 11.8 Å². The van der Waals surface area contributed by atoms with Gasteiger partial charge < -0.3 is 19.5 Å². The summed E-state index contributed by atoms with van der Waals surface area (Å²) in [7, 11) is 0. The average Bonchev–Trinajstić information content (AvgIpc) is 3.07. The predicted octanol–water partition coefficient (Wildman–Crippen LogP) is 3.08. The van der Waals surface area contributed by atoms with Crippen LogP contribution in [-0.2, 0) is 28.5 Å². The van der Waals surface area contributed by atoms with E-state index in [1.165, 1.54) is 6.07 Å². The van der Waals surface area contributed by atoms with Gasteiger partial charge in [-0.25, -0.2) is 0 Å². The first-order valence-electron chi connectivity index (χ1n) is 10.7. The number of alkyl halides is 3. The first-order chi connectivity index (χ1) is 14.4. The van der Waals surface area contributed by atoms with Gasteiger partial charge in [-0.2, -0.15) is 13.2 Å². The minimum atomic E-state index is -4.33. The lowest BCUT2D eigenvalue weighted by Gasteiger charge is -2.42. The fourth-order valence-electron chi connectivity index (χ4n) is 5.32. The van der Waals surface area contributed by atoms with Crippen molar-refractivity contribution in [2.75, 3.05) is 45.9 Å². The summed E-state index contributed by atoms with van der Waals surface area (Å²) in [6, 6.07) is 4.02. The lowest BCUT2D eigenvalue weighted by molar-refractivity contribution is -0.143. The van der Waals surface area contributed by atoms with E-state index in [4.69, 9.17) is 4.74 Å². The van der Waals surface area contributed by atoms with Crippen molar-refractivity contribution in [3.63, 3.8) is 0 Å². The molecule has 0 bridgehead atoms. The number of hydrogen-bond acceptors (Lipinski definition) is 3. The number of aromatic amines is 1. The number of benzene rings is 1. The summed E-state index contributed by atoms with van der Waals surface area (Å²) in [6.45, 7) is 4.93. The SMILES string of the molecule is O=C1COCCN1CCN1CCC2Cc3[nH]c4ccc(C(F)(F)F)cc4c3CC2C1. The second kappa shape index (κ2) is 7.57. The van der Waals surface area contributed by atoms with Crippen molar-refractivity contribution in [1.29, 1.82) is 0 Å². The zero-order chi connectivity index (χ0) is 20.9. The molecule has 5 nitrogen and oxygen atoms in total. The molecule has 2 fully saturated rings. The maximum atomic E-state index is 13.2. The molecule has 1 aliphatic carbocycles. The molecule has 162 valence electrons. The smallest absolute Gasteiger partial charge is 0.370 e. The molecule has 3 heterocycles. The fraction of sp³-hybridized carbons (Fsp3) is 0.591. The van der Waals surface area contributed by atoms with Crippen LogP contribution in [0.15, 0.2) is 18.2 Å². The summed E-state index contributed by atoms with van der Waals surface area (Å²) < 4.78 is 44.7. The Labute approximate surface area is 173 Å². The molecule has 2 aromatic rings. The van der Waals surface area contributed by atoms with Crippen molar-refractivity contribution >= 4 is 16.8 Å². The van der Waals surface area contributed by atoms with Crippen LogP contribution in [0.4, 0.5) is 13.2 Å². The summed E-state index contributed by atoms with van der Waals surface area (Å²) in [6.07, 6.45) is -1.52. The fourth-order valence-corrected chi connectivity index (χ4v) is 5.32. The monoisotopic (exact) mass is 421 g/mol. The molecule has 1 aromatic heterocycles. The second-order valence-corrected chi connectivity index (χ2v) is 8.79. The quantitative estimate of drug-likeness (QED) is 0.829. The lowest BCUT2D eigenvalue weighted by atomic mass is 9.74. The number of rotatable bonds is 3. The highest BCUT2D eigenvalue weighted by atomic mass is 19.4. The number of H-pyrrole nitrogens is 1. The van der Waals surface area contributed by atoms with Gasteiger partial charge in [0.25, 0.3) is 0 Å². The van der Waals surface area contributed by atoms with Crippen LogP contribution in [0.2, 0.25) is 0 Å². The Hall–Kier alpha value is -2.06. The van der Waals surface area contributed by atoms with Gasteiger partial charge in [-0.1, -0.05) is 0 Å². The van der Waals surface area contributed by atoms with E-state index in [0.29, 0.717) is 36.9 Å². The van der Waals surface area contributed by atoms with Crippen LogP contribution >= 0.6 is 0 Å². The zero-order valence-electron chi connectivity index (χ0n) is 16.8. The molecule has 30 heavy (non-hydrogen) atoms. The number of nitrogens with one attached hydrogen (secondary N) is 1. The summed E-state index contributed by atoms with van der Waals surface area (Å²) >= 11 is 0. The number of aromatic nitrogens is 1. The Morgan fingerprint density at radius 1 is 1.13 bits per heavy atom. The van der Waals surface area contributed by atoms with Gasteiger partial charge in [0, 0.05) is 42.8 Å². The van der Waals surface area contributed by atoms with E-state index in [1.807, 2.05) is 4.90 Å². The number of piperidine rings is 1. The van der Waals surface area contributed by atoms with Crippen molar-refractivity contribution in [2.45, 2.75) is 25.4 Å². The normalized spacial score (nSPS) is 25.4. The van der Waals surface area contributed by atoms with E-state index in [0.717, 1.165) is 61.7 Å². The van der Waals surface area contributed by atoms with E-state index in [1.54, 1.807) is 6.07 Å². The van der Waals surface area contributed by atoms with Crippen molar-refractivity contribution in [3.8, 4) is 0 Å². The Bertz CT molecular complexity index is 955. The van der Waals surface area contributed by atoms with Gasteiger partial charge >= 0.3 is 6.18 Å². The number of likely N-dealkylation sites (tertiary alicyclic amines) is 1. The molecule has 2 atom stereocenters. The molecular weight excluding hydrogens is 395 g/mol. The lowest BCUT2D eigenvalue weighted by Crippen LogP contribution is -2.49. The van der Waals surface area contributed by atoms with Crippen LogP contribution < -0.4 is 0 Å². The Morgan fingerprint density at radius 2 is 2.00 bits per heavy atom. The van der Waals surface area contributed by atoms with Crippen LogP contribution in [0.1, 0.15) is 23.2 Å².